The Kier molecular flexibility index (Phi) is 5.18. The Balaban J connectivity index is 2.18. The third-order valence-electron chi connectivity index (χ3n) is 4.20. The Morgan fingerprint density at radius 2 is 1.83 bits per heavy atom. The molecule has 1 atom stereocenters. The van der Waals surface area contributed by atoms with Gasteiger partial charge in [0.1, 0.15) is 5.82 Å². The van der Waals surface area contributed by atoms with Crippen LogP contribution < -0.4 is 5.32 Å². The van der Waals surface area contributed by atoms with Crippen LogP contribution in [0.5, 0.6) is 0 Å². The lowest BCUT2D eigenvalue weighted by Gasteiger charge is -2.27. The highest BCUT2D eigenvalue weighted by Gasteiger charge is 2.25. The second kappa shape index (κ2) is 6.89. The van der Waals surface area contributed by atoms with Crippen molar-refractivity contribution in [1.29, 1.82) is 0 Å². The third-order valence-corrected chi connectivity index (χ3v) is 4.20. The first-order chi connectivity index (χ1) is 8.83. The molecule has 1 aliphatic carbocycles. The van der Waals surface area contributed by atoms with Gasteiger partial charge < -0.3 is 5.32 Å². The normalized spacial score (nSPS) is 19.4. The first-order valence-corrected chi connectivity index (χ1v) is 7.22. The van der Waals surface area contributed by atoms with Crippen LogP contribution in [0.4, 0.5) is 4.39 Å². The number of rotatable bonds is 4. The summed E-state index contributed by atoms with van der Waals surface area (Å²) in [5.41, 5.74) is 0.902. The predicted octanol–water partition coefficient (Wildman–Crippen LogP) is 4.10. The molecule has 0 heterocycles. The number of hydrogen-bond acceptors (Lipinski definition) is 1. The van der Waals surface area contributed by atoms with E-state index < -0.39 is 0 Å². The van der Waals surface area contributed by atoms with Crippen molar-refractivity contribution < 1.29 is 4.39 Å². The molecule has 0 radical (unpaired) electrons. The molecule has 2 rings (SSSR count). The molecule has 1 aromatic carbocycles. The van der Waals surface area contributed by atoms with Gasteiger partial charge in [-0.15, -0.1) is 0 Å². The fourth-order valence-corrected chi connectivity index (χ4v) is 3.24. The maximum Gasteiger partial charge on any atom is 0.126 e. The maximum absolute atomic E-state index is 14.0. The summed E-state index contributed by atoms with van der Waals surface area (Å²) >= 11 is 0. The lowest BCUT2D eigenvalue weighted by Crippen LogP contribution is -2.25. The first kappa shape index (κ1) is 13.5. The van der Waals surface area contributed by atoms with Gasteiger partial charge in [0.2, 0.25) is 0 Å². The minimum atomic E-state index is -0.0398. The van der Waals surface area contributed by atoms with Gasteiger partial charge in [0.05, 0.1) is 0 Å². The molecule has 0 bridgehead atoms. The van der Waals surface area contributed by atoms with Gasteiger partial charge >= 0.3 is 0 Å². The quantitative estimate of drug-likeness (QED) is 0.792. The van der Waals surface area contributed by atoms with E-state index in [1.54, 1.807) is 12.1 Å². The van der Waals surface area contributed by atoms with Crippen LogP contribution in [0.1, 0.15) is 50.0 Å². The molecule has 1 fully saturated rings. The van der Waals surface area contributed by atoms with E-state index in [1.807, 2.05) is 19.2 Å². The van der Waals surface area contributed by atoms with Crippen molar-refractivity contribution in [3.05, 3.63) is 35.6 Å². The molecule has 1 aliphatic rings. The van der Waals surface area contributed by atoms with Crippen molar-refractivity contribution >= 4 is 0 Å². The zero-order valence-corrected chi connectivity index (χ0v) is 11.3. The highest BCUT2D eigenvalue weighted by Crippen LogP contribution is 2.35. The van der Waals surface area contributed by atoms with Crippen LogP contribution in [0.2, 0.25) is 0 Å². The zero-order chi connectivity index (χ0) is 12.8. The standard InChI is InChI=1S/C16H24FN/c1-18-12-15(13-8-4-2-3-5-9-13)14-10-6-7-11-16(14)17/h6-7,10-11,13,15,18H,2-5,8-9,12H2,1H3. The van der Waals surface area contributed by atoms with Gasteiger partial charge in [0.25, 0.3) is 0 Å². The topological polar surface area (TPSA) is 12.0 Å². The van der Waals surface area contributed by atoms with Crippen molar-refractivity contribution in [2.75, 3.05) is 13.6 Å². The molecule has 0 aromatic heterocycles. The summed E-state index contributed by atoms with van der Waals surface area (Å²) in [6, 6.07) is 7.29. The molecular weight excluding hydrogens is 225 g/mol. The van der Waals surface area contributed by atoms with Crippen LogP contribution in [0.15, 0.2) is 24.3 Å². The van der Waals surface area contributed by atoms with Gasteiger partial charge in [-0.2, -0.15) is 0 Å². The van der Waals surface area contributed by atoms with Gasteiger partial charge in [0.15, 0.2) is 0 Å². The molecule has 1 nitrogen and oxygen atoms in total. The minimum Gasteiger partial charge on any atom is -0.319 e. The second-order valence-corrected chi connectivity index (χ2v) is 5.44. The molecule has 0 aliphatic heterocycles. The number of hydrogen-bond donors (Lipinski definition) is 1. The van der Waals surface area contributed by atoms with Crippen molar-refractivity contribution in [1.82, 2.24) is 5.32 Å². The largest absolute Gasteiger partial charge is 0.319 e. The average molecular weight is 249 g/mol. The Morgan fingerprint density at radius 3 is 2.44 bits per heavy atom. The molecule has 18 heavy (non-hydrogen) atoms. The summed E-state index contributed by atoms with van der Waals surface area (Å²) < 4.78 is 14.0. The number of halogens is 1. The molecular formula is C16H24FN. The third kappa shape index (κ3) is 3.32. The highest BCUT2D eigenvalue weighted by molar-refractivity contribution is 5.23. The molecule has 100 valence electrons. The second-order valence-electron chi connectivity index (χ2n) is 5.44. The van der Waals surface area contributed by atoms with E-state index in [0.717, 1.165) is 12.1 Å². The molecule has 1 aromatic rings. The number of benzene rings is 1. The summed E-state index contributed by atoms with van der Waals surface area (Å²) in [4.78, 5) is 0. The molecule has 1 unspecified atom stereocenters. The molecule has 1 saturated carbocycles. The summed E-state index contributed by atoms with van der Waals surface area (Å²) in [5.74, 6) is 0.924. The summed E-state index contributed by atoms with van der Waals surface area (Å²) in [6.45, 7) is 0.881. The van der Waals surface area contributed by atoms with Crippen LogP contribution in [-0.4, -0.2) is 13.6 Å². The van der Waals surface area contributed by atoms with Crippen molar-refractivity contribution in [2.45, 2.75) is 44.4 Å². The van der Waals surface area contributed by atoms with Crippen LogP contribution in [0.25, 0.3) is 0 Å². The van der Waals surface area contributed by atoms with Crippen LogP contribution in [-0.2, 0) is 0 Å². The van der Waals surface area contributed by atoms with Gasteiger partial charge in [-0.1, -0.05) is 43.9 Å². The summed E-state index contributed by atoms with van der Waals surface area (Å²) in [5, 5.41) is 3.24. The van der Waals surface area contributed by atoms with E-state index in [2.05, 4.69) is 5.32 Å². The molecule has 0 saturated heterocycles. The van der Waals surface area contributed by atoms with E-state index in [0.29, 0.717) is 11.8 Å². The smallest absolute Gasteiger partial charge is 0.126 e. The van der Waals surface area contributed by atoms with Crippen LogP contribution >= 0.6 is 0 Å². The van der Waals surface area contributed by atoms with Crippen LogP contribution in [0.3, 0.4) is 0 Å². The van der Waals surface area contributed by atoms with E-state index in [1.165, 1.54) is 38.5 Å². The predicted molar refractivity (Wildman–Crippen MR) is 74.3 cm³/mol. The van der Waals surface area contributed by atoms with E-state index in [4.69, 9.17) is 0 Å². The highest BCUT2D eigenvalue weighted by atomic mass is 19.1. The lowest BCUT2D eigenvalue weighted by molar-refractivity contribution is 0.359. The van der Waals surface area contributed by atoms with Gasteiger partial charge in [-0.05, 0) is 37.4 Å². The SMILES string of the molecule is CNCC(c1ccccc1F)C1CCCCCC1. The molecule has 0 amide bonds. The summed E-state index contributed by atoms with van der Waals surface area (Å²) in [6.07, 6.45) is 7.81. The Hall–Kier alpha value is -0.890. The molecule has 0 spiro atoms. The minimum absolute atomic E-state index is 0.0398. The van der Waals surface area contributed by atoms with Crippen molar-refractivity contribution in [3.63, 3.8) is 0 Å². The van der Waals surface area contributed by atoms with Crippen LogP contribution in [0, 0.1) is 11.7 Å². The number of nitrogens with one attached hydrogen (secondary N) is 1. The maximum atomic E-state index is 14.0. The average Bonchev–Trinajstić information content (AvgIpc) is 2.66. The van der Waals surface area contributed by atoms with E-state index in [-0.39, 0.29) is 5.82 Å². The molecule has 1 N–H and O–H groups in total. The summed E-state index contributed by atoms with van der Waals surface area (Å²) in [7, 11) is 1.96. The van der Waals surface area contributed by atoms with Crippen molar-refractivity contribution in [2.24, 2.45) is 5.92 Å². The molecule has 2 heteroatoms. The zero-order valence-electron chi connectivity index (χ0n) is 11.3. The van der Waals surface area contributed by atoms with Gasteiger partial charge in [0, 0.05) is 12.5 Å². The first-order valence-electron chi connectivity index (χ1n) is 7.22. The fraction of sp³-hybridized carbons (Fsp3) is 0.625. The van der Waals surface area contributed by atoms with E-state index >= 15 is 0 Å². The monoisotopic (exact) mass is 249 g/mol. The number of likely N-dealkylation sites (N-methyl/N-ethyl adjacent to an activating group) is 1. The van der Waals surface area contributed by atoms with Gasteiger partial charge in [-0.3, -0.25) is 0 Å². The Labute approximate surface area is 110 Å². The van der Waals surface area contributed by atoms with Gasteiger partial charge in [-0.25, -0.2) is 4.39 Å². The Morgan fingerprint density at radius 1 is 1.17 bits per heavy atom. The van der Waals surface area contributed by atoms with Crippen molar-refractivity contribution in [3.8, 4) is 0 Å². The Bertz CT molecular complexity index is 356. The lowest BCUT2D eigenvalue weighted by atomic mass is 9.81. The van der Waals surface area contributed by atoms with E-state index in [9.17, 15) is 4.39 Å². The fourth-order valence-electron chi connectivity index (χ4n) is 3.24.